The Morgan fingerprint density at radius 2 is 2.54 bits per heavy atom. The van der Waals surface area contributed by atoms with Crippen LogP contribution in [0.2, 0.25) is 0 Å². The average molecular weight is 182 g/mol. The van der Waals surface area contributed by atoms with Crippen LogP contribution in [0.3, 0.4) is 0 Å². The van der Waals surface area contributed by atoms with E-state index in [9.17, 15) is 0 Å². The highest BCUT2D eigenvalue weighted by molar-refractivity contribution is 5.08. The van der Waals surface area contributed by atoms with Gasteiger partial charge < -0.3 is 9.26 Å². The number of hydrogen-bond donors (Lipinski definition) is 0. The molecule has 1 unspecified atom stereocenters. The predicted molar refractivity (Wildman–Crippen MR) is 47.4 cm³/mol. The zero-order chi connectivity index (χ0) is 9.10. The predicted octanol–water partition coefficient (Wildman–Crippen LogP) is 1.50. The number of ether oxygens (including phenoxy) is 1. The molecule has 1 aliphatic rings. The van der Waals surface area contributed by atoms with E-state index in [4.69, 9.17) is 9.26 Å². The van der Waals surface area contributed by atoms with Crippen molar-refractivity contribution in [2.24, 2.45) is 0 Å². The highest BCUT2D eigenvalue weighted by Gasteiger charge is 2.20. The van der Waals surface area contributed by atoms with Crippen LogP contribution in [0.25, 0.3) is 0 Å². The van der Waals surface area contributed by atoms with Gasteiger partial charge in [-0.05, 0) is 26.3 Å². The lowest BCUT2D eigenvalue weighted by atomic mass is 10.1. The first kappa shape index (κ1) is 8.56. The minimum Gasteiger partial charge on any atom is -0.470 e. The summed E-state index contributed by atoms with van der Waals surface area (Å²) in [5.41, 5.74) is 0. The van der Waals surface area contributed by atoms with Gasteiger partial charge in [-0.3, -0.25) is 4.90 Å². The molecule has 72 valence electrons. The standard InChI is InChI=1S/C9H14N2O2/c1-11-5-3-2-4-9(11)13-8-6-10-12-7-8/h6-7,9H,2-5H2,1H3. The fraction of sp³-hybridized carbons (Fsp3) is 0.667. The van der Waals surface area contributed by atoms with E-state index in [1.54, 1.807) is 6.20 Å². The highest BCUT2D eigenvalue weighted by atomic mass is 16.5. The van der Waals surface area contributed by atoms with Crippen molar-refractivity contribution in [2.75, 3.05) is 13.6 Å². The van der Waals surface area contributed by atoms with E-state index in [0.717, 1.165) is 18.7 Å². The van der Waals surface area contributed by atoms with Gasteiger partial charge in [0.25, 0.3) is 0 Å². The molecule has 4 heteroatoms. The van der Waals surface area contributed by atoms with E-state index in [2.05, 4.69) is 17.1 Å². The highest BCUT2D eigenvalue weighted by Crippen LogP contribution is 2.19. The lowest BCUT2D eigenvalue weighted by Crippen LogP contribution is -2.40. The number of likely N-dealkylation sites (tertiary alicyclic amines) is 1. The van der Waals surface area contributed by atoms with Crippen molar-refractivity contribution in [3.05, 3.63) is 12.5 Å². The average Bonchev–Trinajstić information content (AvgIpc) is 2.61. The van der Waals surface area contributed by atoms with Crippen LogP contribution < -0.4 is 4.74 Å². The quantitative estimate of drug-likeness (QED) is 0.694. The summed E-state index contributed by atoms with van der Waals surface area (Å²) in [5, 5.41) is 3.59. The summed E-state index contributed by atoms with van der Waals surface area (Å²) in [5.74, 6) is 0.721. The second-order valence-electron chi connectivity index (χ2n) is 3.41. The normalized spacial score (nSPS) is 24.5. The first-order valence-electron chi connectivity index (χ1n) is 4.62. The van der Waals surface area contributed by atoms with Gasteiger partial charge in [-0.2, -0.15) is 0 Å². The Bertz CT molecular complexity index is 248. The van der Waals surface area contributed by atoms with Crippen molar-refractivity contribution >= 4 is 0 Å². The Balaban J connectivity index is 1.93. The first-order valence-corrected chi connectivity index (χ1v) is 4.62. The minimum atomic E-state index is 0.188. The van der Waals surface area contributed by atoms with Crippen LogP contribution in [-0.4, -0.2) is 29.9 Å². The monoisotopic (exact) mass is 182 g/mol. The molecule has 1 atom stereocenters. The maximum absolute atomic E-state index is 5.68. The maximum atomic E-state index is 5.68. The van der Waals surface area contributed by atoms with Crippen molar-refractivity contribution in [1.29, 1.82) is 0 Å². The Hall–Kier alpha value is -1.03. The van der Waals surface area contributed by atoms with Crippen LogP contribution in [0.15, 0.2) is 17.0 Å². The van der Waals surface area contributed by atoms with Crippen LogP contribution >= 0.6 is 0 Å². The Kier molecular flexibility index (Phi) is 2.49. The zero-order valence-electron chi connectivity index (χ0n) is 7.77. The third-order valence-electron chi connectivity index (χ3n) is 2.39. The van der Waals surface area contributed by atoms with Crippen molar-refractivity contribution in [2.45, 2.75) is 25.5 Å². The number of nitrogens with zero attached hydrogens (tertiary/aromatic N) is 2. The molecule has 4 nitrogen and oxygen atoms in total. The Morgan fingerprint density at radius 1 is 1.62 bits per heavy atom. The van der Waals surface area contributed by atoms with Crippen molar-refractivity contribution in [1.82, 2.24) is 10.1 Å². The SMILES string of the molecule is CN1CCCCC1Oc1cnoc1. The van der Waals surface area contributed by atoms with Crippen LogP contribution in [-0.2, 0) is 0 Å². The maximum Gasteiger partial charge on any atom is 0.181 e. The van der Waals surface area contributed by atoms with Gasteiger partial charge in [0.15, 0.2) is 18.2 Å². The molecule has 1 fully saturated rings. The topological polar surface area (TPSA) is 38.5 Å². The van der Waals surface area contributed by atoms with Gasteiger partial charge in [0.2, 0.25) is 0 Å². The molecule has 2 heterocycles. The smallest absolute Gasteiger partial charge is 0.181 e. The largest absolute Gasteiger partial charge is 0.470 e. The molecule has 1 aromatic heterocycles. The van der Waals surface area contributed by atoms with Gasteiger partial charge >= 0.3 is 0 Å². The summed E-state index contributed by atoms with van der Waals surface area (Å²) in [4.78, 5) is 2.22. The third kappa shape index (κ3) is 2.01. The molecule has 0 aliphatic carbocycles. The van der Waals surface area contributed by atoms with Crippen LogP contribution in [0.1, 0.15) is 19.3 Å². The molecule has 0 saturated carbocycles. The fourth-order valence-corrected chi connectivity index (χ4v) is 1.60. The van der Waals surface area contributed by atoms with Crippen molar-refractivity contribution in [3.8, 4) is 5.75 Å². The van der Waals surface area contributed by atoms with Gasteiger partial charge in [-0.15, -0.1) is 0 Å². The summed E-state index contributed by atoms with van der Waals surface area (Å²) < 4.78 is 10.4. The lowest BCUT2D eigenvalue weighted by molar-refractivity contribution is 0.0146. The molecule has 1 aromatic rings. The summed E-state index contributed by atoms with van der Waals surface area (Å²) in [6, 6.07) is 0. The first-order chi connectivity index (χ1) is 6.36. The summed E-state index contributed by atoms with van der Waals surface area (Å²) >= 11 is 0. The lowest BCUT2D eigenvalue weighted by Gasteiger charge is -2.31. The van der Waals surface area contributed by atoms with Gasteiger partial charge in [0, 0.05) is 6.54 Å². The van der Waals surface area contributed by atoms with E-state index in [0.29, 0.717) is 0 Å². The number of piperidine rings is 1. The molecule has 13 heavy (non-hydrogen) atoms. The molecule has 0 amide bonds. The zero-order valence-corrected chi connectivity index (χ0v) is 7.77. The summed E-state index contributed by atoms with van der Waals surface area (Å²) in [6.07, 6.45) is 6.90. The van der Waals surface area contributed by atoms with Gasteiger partial charge in [0.1, 0.15) is 6.20 Å². The third-order valence-corrected chi connectivity index (χ3v) is 2.39. The summed E-state index contributed by atoms with van der Waals surface area (Å²) in [7, 11) is 2.08. The molecule has 1 aliphatic heterocycles. The number of hydrogen-bond acceptors (Lipinski definition) is 4. The van der Waals surface area contributed by atoms with Crippen LogP contribution in [0, 0.1) is 0 Å². The van der Waals surface area contributed by atoms with E-state index >= 15 is 0 Å². The Morgan fingerprint density at radius 3 is 3.23 bits per heavy atom. The van der Waals surface area contributed by atoms with Gasteiger partial charge in [-0.1, -0.05) is 5.16 Å². The Labute approximate surface area is 77.5 Å². The van der Waals surface area contributed by atoms with E-state index < -0.39 is 0 Å². The molecule has 1 saturated heterocycles. The molecule has 0 aromatic carbocycles. The van der Waals surface area contributed by atoms with Crippen molar-refractivity contribution in [3.63, 3.8) is 0 Å². The number of rotatable bonds is 2. The molecule has 0 radical (unpaired) electrons. The van der Waals surface area contributed by atoms with E-state index in [-0.39, 0.29) is 6.23 Å². The van der Waals surface area contributed by atoms with Gasteiger partial charge in [-0.25, -0.2) is 0 Å². The molecule has 0 N–H and O–H groups in total. The van der Waals surface area contributed by atoms with Gasteiger partial charge in [0.05, 0.1) is 0 Å². The van der Waals surface area contributed by atoms with Crippen molar-refractivity contribution < 1.29 is 9.26 Å². The number of aromatic nitrogens is 1. The molecular formula is C9H14N2O2. The second kappa shape index (κ2) is 3.79. The minimum absolute atomic E-state index is 0.188. The van der Waals surface area contributed by atoms with E-state index in [1.165, 1.54) is 19.1 Å². The van der Waals surface area contributed by atoms with Crippen LogP contribution in [0.5, 0.6) is 5.75 Å². The molecule has 0 spiro atoms. The molecule has 2 rings (SSSR count). The molecule has 0 bridgehead atoms. The second-order valence-corrected chi connectivity index (χ2v) is 3.41. The summed E-state index contributed by atoms with van der Waals surface area (Å²) in [6.45, 7) is 1.11. The van der Waals surface area contributed by atoms with E-state index in [1.807, 2.05) is 0 Å². The van der Waals surface area contributed by atoms with Crippen LogP contribution in [0.4, 0.5) is 0 Å². The fourth-order valence-electron chi connectivity index (χ4n) is 1.60. The molecular weight excluding hydrogens is 168 g/mol.